The number of carbonyl (C=O) groups excluding carboxylic acids is 3. The van der Waals surface area contributed by atoms with Crippen molar-refractivity contribution in [3.63, 3.8) is 0 Å². The molecule has 12 heteroatoms. The summed E-state index contributed by atoms with van der Waals surface area (Å²) in [6.45, 7) is 2.73. The van der Waals surface area contributed by atoms with Gasteiger partial charge < -0.3 is 14.5 Å². The Morgan fingerprint density at radius 3 is 2.29 bits per heavy atom. The number of ether oxygens (including phenoxy) is 1. The van der Waals surface area contributed by atoms with E-state index >= 15 is 4.39 Å². The third kappa shape index (κ3) is 6.02. The van der Waals surface area contributed by atoms with Gasteiger partial charge in [0.25, 0.3) is 0 Å². The van der Waals surface area contributed by atoms with Crippen LogP contribution < -0.4 is 9.64 Å². The van der Waals surface area contributed by atoms with E-state index in [4.69, 9.17) is 9.84 Å². The smallest absolute Gasteiger partial charge is 0.242 e. The van der Waals surface area contributed by atoms with Gasteiger partial charge in [0.05, 0.1) is 29.5 Å². The van der Waals surface area contributed by atoms with Gasteiger partial charge in [-0.1, -0.05) is 36.4 Å². The molecule has 4 aromatic rings. The predicted octanol–water partition coefficient (Wildman–Crippen LogP) is 4.69. The van der Waals surface area contributed by atoms with Gasteiger partial charge in [0.1, 0.15) is 29.7 Å². The zero-order valence-corrected chi connectivity index (χ0v) is 25.6. The maximum Gasteiger partial charge on any atom is 0.242 e. The molecule has 3 heterocycles. The van der Waals surface area contributed by atoms with Crippen LogP contribution in [0.1, 0.15) is 23.3 Å². The summed E-state index contributed by atoms with van der Waals surface area (Å²) in [7, 11) is 1.56. The number of aromatic nitrogens is 2. The van der Waals surface area contributed by atoms with E-state index in [0.29, 0.717) is 54.7 Å². The number of halogens is 2. The maximum atomic E-state index is 15.5. The van der Waals surface area contributed by atoms with Crippen molar-refractivity contribution in [3.8, 4) is 22.7 Å². The lowest BCUT2D eigenvalue weighted by molar-refractivity contribution is -0.137. The Balaban J connectivity index is 1.53. The zero-order chi connectivity index (χ0) is 31.7. The number of benzene rings is 3. The Hall–Kier alpha value is -4.71. The van der Waals surface area contributed by atoms with Gasteiger partial charge >= 0.3 is 0 Å². The molecule has 0 bridgehead atoms. The average Bonchev–Trinajstić information content (AvgIpc) is 3.38. The van der Waals surface area contributed by atoms with E-state index in [9.17, 15) is 18.8 Å². The van der Waals surface area contributed by atoms with Gasteiger partial charge in [0.15, 0.2) is 0 Å². The number of anilines is 1. The average molecular weight is 632 g/mol. The molecule has 0 aliphatic carbocycles. The van der Waals surface area contributed by atoms with Crippen LogP contribution in [0.15, 0.2) is 72.8 Å². The highest BCUT2D eigenvalue weighted by molar-refractivity contribution is 8.00. The quantitative estimate of drug-likeness (QED) is 0.307. The lowest BCUT2D eigenvalue weighted by Crippen LogP contribution is -2.53. The standard InChI is InChI=1S/C33H31F2N5O4S/c1-21(41)37-14-16-38(17-15-37)28(42)19-39-29(43)20-45-32(26-13-8-23(34)18-27(26)35)30-31(22-6-4-3-5-7-22)36-40(33(30)39)24-9-11-25(44-2)12-10-24/h3-13,18,32H,14-17,19-20H2,1-2H3. The molecule has 1 saturated heterocycles. The highest BCUT2D eigenvalue weighted by Gasteiger charge is 2.39. The van der Waals surface area contributed by atoms with E-state index in [1.165, 1.54) is 35.7 Å². The van der Waals surface area contributed by atoms with E-state index in [1.807, 2.05) is 30.3 Å². The van der Waals surface area contributed by atoms with Crippen LogP contribution in [0.5, 0.6) is 5.75 Å². The van der Waals surface area contributed by atoms with Crippen molar-refractivity contribution < 1.29 is 27.9 Å². The number of methoxy groups -OCH3 is 1. The Morgan fingerprint density at radius 2 is 1.64 bits per heavy atom. The summed E-state index contributed by atoms with van der Waals surface area (Å²) in [6.07, 6.45) is 0. The molecule has 2 aliphatic rings. The van der Waals surface area contributed by atoms with Crippen molar-refractivity contribution in [3.05, 3.63) is 95.6 Å². The molecule has 1 aromatic heterocycles. The molecular formula is C33H31F2N5O4S. The fraction of sp³-hybridized carbons (Fsp3) is 0.273. The van der Waals surface area contributed by atoms with Gasteiger partial charge in [-0.05, 0) is 30.3 Å². The SMILES string of the molecule is COc1ccc(-n2nc(-c3ccccc3)c3c2N(CC(=O)N2CCN(C(C)=O)CC2)C(=O)CSC3c2ccc(F)cc2F)cc1. The maximum absolute atomic E-state index is 15.5. The fourth-order valence-corrected chi connectivity index (χ4v) is 6.92. The summed E-state index contributed by atoms with van der Waals surface area (Å²) in [5.41, 5.74) is 2.57. The summed E-state index contributed by atoms with van der Waals surface area (Å²) >= 11 is 1.21. The first-order chi connectivity index (χ1) is 21.7. The number of hydrogen-bond donors (Lipinski definition) is 0. The van der Waals surface area contributed by atoms with E-state index in [1.54, 1.807) is 45.9 Å². The molecule has 45 heavy (non-hydrogen) atoms. The van der Waals surface area contributed by atoms with Crippen LogP contribution in [0.25, 0.3) is 16.9 Å². The molecular weight excluding hydrogens is 600 g/mol. The molecule has 0 spiro atoms. The second kappa shape index (κ2) is 12.7. The van der Waals surface area contributed by atoms with Crippen LogP contribution in [-0.2, 0) is 14.4 Å². The fourth-order valence-electron chi connectivity index (χ4n) is 5.70. The van der Waals surface area contributed by atoms with Gasteiger partial charge in [0.2, 0.25) is 17.7 Å². The summed E-state index contributed by atoms with van der Waals surface area (Å²) in [4.78, 5) is 44.3. The van der Waals surface area contributed by atoms with Crippen LogP contribution in [0.4, 0.5) is 14.6 Å². The first-order valence-electron chi connectivity index (χ1n) is 14.5. The van der Waals surface area contributed by atoms with Gasteiger partial charge in [-0.15, -0.1) is 11.8 Å². The molecule has 232 valence electrons. The number of amides is 3. The molecule has 0 saturated carbocycles. The number of thioether (sulfide) groups is 1. The minimum Gasteiger partial charge on any atom is -0.497 e. The van der Waals surface area contributed by atoms with Crippen molar-refractivity contribution in [1.82, 2.24) is 19.6 Å². The number of piperazine rings is 1. The van der Waals surface area contributed by atoms with E-state index in [0.717, 1.165) is 11.6 Å². The predicted molar refractivity (Wildman–Crippen MR) is 167 cm³/mol. The first-order valence-corrected chi connectivity index (χ1v) is 15.5. The molecule has 0 N–H and O–H groups in total. The lowest BCUT2D eigenvalue weighted by atomic mass is 9.99. The second-order valence-corrected chi connectivity index (χ2v) is 11.9. The molecule has 1 unspecified atom stereocenters. The summed E-state index contributed by atoms with van der Waals surface area (Å²) in [5.74, 6) is -1.24. The van der Waals surface area contributed by atoms with Crippen LogP contribution >= 0.6 is 11.8 Å². The van der Waals surface area contributed by atoms with Crippen LogP contribution in [0.3, 0.4) is 0 Å². The van der Waals surface area contributed by atoms with E-state index in [-0.39, 0.29) is 35.6 Å². The lowest BCUT2D eigenvalue weighted by Gasteiger charge is -2.35. The van der Waals surface area contributed by atoms with Gasteiger partial charge in [-0.3, -0.25) is 19.3 Å². The Labute approximate surface area is 263 Å². The Kier molecular flexibility index (Phi) is 8.57. The summed E-state index contributed by atoms with van der Waals surface area (Å²) < 4.78 is 36.5. The number of rotatable bonds is 6. The van der Waals surface area contributed by atoms with Crippen LogP contribution in [-0.4, -0.2) is 82.9 Å². The Bertz CT molecular complexity index is 1740. The van der Waals surface area contributed by atoms with Gasteiger partial charge in [-0.2, -0.15) is 5.10 Å². The summed E-state index contributed by atoms with van der Waals surface area (Å²) in [5, 5.41) is 4.24. The van der Waals surface area contributed by atoms with Crippen LogP contribution in [0, 0.1) is 11.6 Å². The van der Waals surface area contributed by atoms with Crippen molar-refractivity contribution in [2.24, 2.45) is 0 Å². The normalized spacial score (nSPS) is 16.8. The molecule has 3 amide bonds. The third-order valence-electron chi connectivity index (χ3n) is 8.07. The largest absolute Gasteiger partial charge is 0.497 e. The van der Waals surface area contributed by atoms with E-state index < -0.39 is 16.9 Å². The van der Waals surface area contributed by atoms with E-state index in [2.05, 4.69) is 0 Å². The molecule has 9 nitrogen and oxygen atoms in total. The zero-order valence-electron chi connectivity index (χ0n) is 24.8. The van der Waals surface area contributed by atoms with Crippen molar-refractivity contribution in [2.75, 3.05) is 50.5 Å². The number of nitrogens with zero attached hydrogens (tertiary/aromatic N) is 5. The van der Waals surface area contributed by atoms with Crippen molar-refractivity contribution in [2.45, 2.75) is 12.2 Å². The van der Waals surface area contributed by atoms with Crippen molar-refractivity contribution in [1.29, 1.82) is 0 Å². The molecule has 1 atom stereocenters. The molecule has 6 rings (SSSR count). The first kappa shape index (κ1) is 30.3. The van der Waals surface area contributed by atoms with Crippen LogP contribution in [0.2, 0.25) is 0 Å². The van der Waals surface area contributed by atoms with Gasteiger partial charge in [0, 0.05) is 55.9 Å². The molecule has 3 aromatic carbocycles. The Morgan fingerprint density at radius 1 is 0.956 bits per heavy atom. The number of fused-ring (bicyclic) bond motifs is 1. The number of carbonyl (C=O) groups is 3. The third-order valence-corrected chi connectivity index (χ3v) is 9.31. The molecule has 0 radical (unpaired) electrons. The van der Waals surface area contributed by atoms with Crippen molar-refractivity contribution >= 4 is 35.3 Å². The highest BCUT2D eigenvalue weighted by atomic mass is 32.2. The topological polar surface area (TPSA) is 88.0 Å². The van der Waals surface area contributed by atoms with Gasteiger partial charge in [-0.25, -0.2) is 13.5 Å². The number of hydrogen-bond acceptors (Lipinski definition) is 6. The minimum atomic E-state index is -0.744. The highest BCUT2D eigenvalue weighted by Crippen LogP contribution is 2.49. The molecule has 2 aliphatic heterocycles. The minimum absolute atomic E-state index is 0.0534. The summed E-state index contributed by atoms with van der Waals surface area (Å²) in [6, 6.07) is 19.9. The molecule has 1 fully saturated rings. The second-order valence-electron chi connectivity index (χ2n) is 10.8. The monoisotopic (exact) mass is 631 g/mol.